The van der Waals surface area contributed by atoms with Crippen LogP contribution in [-0.2, 0) is 0 Å². The van der Waals surface area contributed by atoms with Gasteiger partial charge in [0.25, 0.3) is 0 Å². The molecule has 0 amide bonds. The summed E-state index contributed by atoms with van der Waals surface area (Å²) in [5, 5.41) is 5.53. The monoisotopic (exact) mass is 340 g/mol. The van der Waals surface area contributed by atoms with Gasteiger partial charge in [-0.15, -0.1) is 0 Å². The second kappa shape index (κ2) is 6.45. The maximum atomic E-state index is 6.38. The van der Waals surface area contributed by atoms with Crippen molar-refractivity contribution in [1.29, 1.82) is 0 Å². The lowest BCUT2D eigenvalue weighted by atomic mass is 10.0. The van der Waals surface area contributed by atoms with Crippen molar-refractivity contribution in [3.05, 3.63) is 63.1 Å². The summed E-state index contributed by atoms with van der Waals surface area (Å²) in [4.78, 5) is 2.35. The van der Waals surface area contributed by atoms with Gasteiger partial charge in [-0.2, -0.15) is 0 Å². The molecule has 0 saturated carbocycles. The Hall–Kier alpha value is -0.930. The molecule has 0 spiro atoms. The number of nitrogens with zero attached hydrogens (tertiary/aromatic N) is 1. The van der Waals surface area contributed by atoms with Crippen LogP contribution >= 0.6 is 34.8 Å². The summed E-state index contributed by atoms with van der Waals surface area (Å²) in [6.07, 6.45) is 0. The third-order valence-electron chi connectivity index (χ3n) is 3.72. The highest BCUT2D eigenvalue weighted by atomic mass is 35.5. The van der Waals surface area contributed by atoms with E-state index in [1.165, 1.54) is 0 Å². The smallest absolute Gasteiger partial charge is 0.0682 e. The zero-order valence-electron chi connectivity index (χ0n) is 11.3. The van der Waals surface area contributed by atoms with E-state index >= 15 is 0 Å². The molecule has 1 atom stereocenters. The highest BCUT2D eigenvalue weighted by Gasteiger charge is 2.25. The summed E-state index contributed by atoms with van der Waals surface area (Å²) < 4.78 is 0. The van der Waals surface area contributed by atoms with Crippen LogP contribution < -0.4 is 10.2 Å². The Bertz CT molecular complexity index is 628. The lowest BCUT2D eigenvalue weighted by Crippen LogP contribution is -2.46. The largest absolute Gasteiger partial charge is 0.362 e. The van der Waals surface area contributed by atoms with E-state index in [2.05, 4.69) is 10.2 Å². The van der Waals surface area contributed by atoms with Crippen LogP contribution in [-0.4, -0.2) is 19.6 Å². The molecule has 2 nitrogen and oxygen atoms in total. The van der Waals surface area contributed by atoms with Crippen LogP contribution in [0.1, 0.15) is 11.6 Å². The van der Waals surface area contributed by atoms with E-state index in [9.17, 15) is 0 Å². The predicted octanol–water partition coefficient (Wildman–Crippen LogP) is 4.80. The first-order chi connectivity index (χ1) is 10.1. The maximum absolute atomic E-state index is 6.38. The molecule has 0 aliphatic carbocycles. The molecular formula is C16H15Cl3N2. The summed E-state index contributed by atoms with van der Waals surface area (Å²) in [6, 6.07) is 13.8. The van der Waals surface area contributed by atoms with Crippen LogP contribution in [0.3, 0.4) is 0 Å². The molecule has 1 N–H and O–H groups in total. The minimum Gasteiger partial charge on any atom is -0.362 e. The molecule has 0 radical (unpaired) electrons. The number of hydrogen-bond acceptors (Lipinski definition) is 2. The Morgan fingerprint density at radius 2 is 1.67 bits per heavy atom. The molecule has 1 fully saturated rings. The molecule has 1 heterocycles. The van der Waals surface area contributed by atoms with Gasteiger partial charge in [0.15, 0.2) is 0 Å². The van der Waals surface area contributed by atoms with E-state index in [-0.39, 0.29) is 6.04 Å². The summed E-state index contributed by atoms with van der Waals surface area (Å²) in [6.45, 7) is 2.72. The van der Waals surface area contributed by atoms with Gasteiger partial charge in [-0.1, -0.05) is 40.9 Å². The normalized spacial score (nSPS) is 18.8. The SMILES string of the molecule is Clc1ccc(N2CCNCC2c2ccc(Cl)cc2Cl)cc1. The van der Waals surface area contributed by atoms with Gasteiger partial charge in [-0.05, 0) is 42.0 Å². The fourth-order valence-corrected chi connectivity index (χ4v) is 3.36. The summed E-state index contributed by atoms with van der Waals surface area (Å²) >= 11 is 18.4. The van der Waals surface area contributed by atoms with E-state index in [1.54, 1.807) is 6.07 Å². The standard InChI is InChI=1S/C16H15Cl3N2/c17-11-1-4-13(5-2-11)21-8-7-20-10-16(21)14-6-3-12(18)9-15(14)19/h1-6,9,16,20H,7-8,10H2. The van der Waals surface area contributed by atoms with Gasteiger partial charge in [-0.3, -0.25) is 0 Å². The topological polar surface area (TPSA) is 15.3 Å². The first-order valence-electron chi connectivity index (χ1n) is 6.83. The third-order valence-corrected chi connectivity index (χ3v) is 4.54. The van der Waals surface area contributed by atoms with Crippen LogP contribution in [0.4, 0.5) is 5.69 Å². The number of benzene rings is 2. The number of piperazine rings is 1. The Balaban J connectivity index is 1.96. The van der Waals surface area contributed by atoms with Crippen molar-refractivity contribution in [2.45, 2.75) is 6.04 Å². The highest BCUT2D eigenvalue weighted by Crippen LogP contribution is 2.34. The molecule has 5 heteroatoms. The van der Waals surface area contributed by atoms with Gasteiger partial charge in [0, 0.05) is 40.4 Å². The van der Waals surface area contributed by atoms with Crippen molar-refractivity contribution in [2.75, 3.05) is 24.5 Å². The Morgan fingerprint density at radius 1 is 0.952 bits per heavy atom. The first-order valence-corrected chi connectivity index (χ1v) is 7.96. The molecular weight excluding hydrogens is 327 g/mol. The zero-order valence-corrected chi connectivity index (χ0v) is 13.6. The average molecular weight is 342 g/mol. The number of nitrogens with one attached hydrogen (secondary N) is 1. The summed E-state index contributed by atoms with van der Waals surface area (Å²) in [7, 11) is 0. The second-order valence-electron chi connectivity index (χ2n) is 5.06. The van der Waals surface area contributed by atoms with Gasteiger partial charge < -0.3 is 10.2 Å². The fourth-order valence-electron chi connectivity index (χ4n) is 2.70. The van der Waals surface area contributed by atoms with Crippen molar-refractivity contribution in [2.24, 2.45) is 0 Å². The van der Waals surface area contributed by atoms with Crippen LogP contribution in [0.15, 0.2) is 42.5 Å². The molecule has 0 bridgehead atoms. The third kappa shape index (κ3) is 3.29. The van der Waals surface area contributed by atoms with Crippen LogP contribution in [0.2, 0.25) is 15.1 Å². The molecule has 110 valence electrons. The van der Waals surface area contributed by atoms with Crippen LogP contribution in [0.25, 0.3) is 0 Å². The predicted molar refractivity (Wildman–Crippen MR) is 90.9 cm³/mol. The lowest BCUT2D eigenvalue weighted by molar-refractivity contribution is 0.490. The van der Waals surface area contributed by atoms with Gasteiger partial charge in [-0.25, -0.2) is 0 Å². The zero-order chi connectivity index (χ0) is 14.8. The number of hydrogen-bond donors (Lipinski definition) is 1. The summed E-state index contributed by atoms with van der Waals surface area (Å²) in [5.41, 5.74) is 2.24. The molecule has 2 aromatic rings. The van der Waals surface area contributed by atoms with Gasteiger partial charge in [0.1, 0.15) is 0 Å². The van der Waals surface area contributed by atoms with Gasteiger partial charge in [0.05, 0.1) is 6.04 Å². The van der Waals surface area contributed by atoms with Crippen molar-refractivity contribution >= 4 is 40.5 Å². The molecule has 21 heavy (non-hydrogen) atoms. The van der Waals surface area contributed by atoms with Crippen molar-refractivity contribution in [3.8, 4) is 0 Å². The molecule has 1 saturated heterocycles. The first kappa shape index (κ1) is 15.0. The maximum Gasteiger partial charge on any atom is 0.0682 e. The van der Waals surface area contributed by atoms with E-state index < -0.39 is 0 Å². The van der Waals surface area contributed by atoms with Crippen LogP contribution in [0, 0.1) is 0 Å². The Labute approximate surface area is 139 Å². The lowest BCUT2D eigenvalue weighted by Gasteiger charge is -2.38. The fraction of sp³-hybridized carbons (Fsp3) is 0.250. The molecule has 1 unspecified atom stereocenters. The molecule has 2 aromatic carbocycles. The molecule has 1 aliphatic heterocycles. The van der Waals surface area contributed by atoms with E-state index in [4.69, 9.17) is 34.8 Å². The number of halogens is 3. The number of anilines is 1. The van der Waals surface area contributed by atoms with Crippen LogP contribution in [0.5, 0.6) is 0 Å². The van der Waals surface area contributed by atoms with Crippen molar-refractivity contribution < 1.29 is 0 Å². The van der Waals surface area contributed by atoms with Crippen molar-refractivity contribution in [1.82, 2.24) is 5.32 Å². The van der Waals surface area contributed by atoms with E-state index in [0.29, 0.717) is 10.0 Å². The van der Waals surface area contributed by atoms with E-state index in [1.807, 2.05) is 36.4 Å². The molecule has 3 rings (SSSR count). The second-order valence-corrected chi connectivity index (χ2v) is 6.34. The van der Waals surface area contributed by atoms with Crippen molar-refractivity contribution in [3.63, 3.8) is 0 Å². The van der Waals surface area contributed by atoms with Gasteiger partial charge >= 0.3 is 0 Å². The summed E-state index contributed by atoms with van der Waals surface area (Å²) in [5.74, 6) is 0. The highest BCUT2D eigenvalue weighted by molar-refractivity contribution is 6.35. The minimum atomic E-state index is 0.185. The molecule has 0 aromatic heterocycles. The quantitative estimate of drug-likeness (QED) is 0.844. The van der Waals surface area contributed by atoms with Gasteiger partial charge in [0.2, 0.25) is 0 Å². The average Bonchev–Trinajstić information content (AvgIpc) is 2.48. The number of rotatable bonds is 2. The Morgan fingerprint density at radius 3 is 2.38 bits per heavy atom. The molecule has 1 aliphatic rings. The van der Waals surface area contributed by atoms with E-state index in [0.717, 1.165) is 35.9 Å². The Kier molecular flexibility index (Phi) is 4.60. The minimum absolute atomic E-state index is 0.185.